The van der Waals surface area contributed by atoms with Gasteiger partial charge in [0.15, 0.2) is 0 Å². The number of carbonyl (C=O) groups is 2. The predicted molar refractivity (Wildman–Crippen MR) is 70.4 cm³/mol. The minimum Gasteiger partial charge on any atom is -0.390 e. The van der Waals surface area contributed by atoms with E-state index in [2.05, 4.69) is 9.98 Å². The fraction of sp³-hybridized carbons (Fsp3) is 0.667. The normalized spacial score (nSPS) is 32.0. The largest absolute Gasteiger partial charge is 0.467 e. The van der Waals surface area contributed by atoms with E-state index >= 15 is 0 Å². The van der Waals surface area contributed by atoms with Gasteiger partial charge in [-0.25, -0.2) is 4.79 Å². The number of aliphatic imine (C=N–C) groups is 2. The lowest BCUT2D eigenvalue weighted by atomic mass is 10.0. The van der Waals surface area contributed by atoms with Gasteiger partial charge < -0.3 is 10.1 Å². The second kappa shape index (κ2) is 3.66. The van der Waals surface area contributed by atoms with Gasteiger partial charge in [-0.05, 0) is 30.6 Å². The van der Waals surface area contributed by atoms with Crippen molar-refractivity contribution in [2.75, 3.05) is 0 Å². The van der Waals surface area contributed by atoms with Crippen LogP contribution in [0.2, 0.25) is 0 Å². The van der Waals surface area contributed by atoms with Crippen molar-refractivity contribution in [3.05, 3.63) is 10.1 Å². The summed E-state index contributed by atoms with van der Waals surface area (Å²) < 4.78 is 0. The van der Waals surface area contributed by atoms with Crippen LogP contribution in [0, 0.1) is 10.1 Å². The zero-order valence-corrected chi connectivity index (χ0v) is 11.4. The lowest BCUT2D eigenvalue weighted by Crippen LogP contribution is -2.68. The molecular formula is C12H13N5O4. The molecule has 0 aromatic carbocycles. The Morgan fingerprint density at radius 2 is 1.86 bits per heavy atom. The molecule has 0 spiro atoms. The van der Waals surface area contributed by atoms with Crippen molar-refractivity contribution >= 4 is 23.6 Å². The van der Waals surface area contributed by atoms with Gasteiger partial charge in [0.05, 0.1) is 0 Å². The van der Waals surface area contributed by atoms with Crippen LogP contribution in [0.1, 0.15) is 32.6 Å². The summed E-state index contributed by atoms with van der Waals surface area (Å²) in [6, 6.07) is -0.505. The number of hydrogen-bond donors (Lipinski definition) is 0. The Hall–Kier alpha value is -2.32. The molecule has 0 bridgehead atoms. The van der Waals surface area contributed by atoms with E-state index in [1.54, 1.807) is 6.92 Å². The Morgan fingerprint density at radius 1 is 1.24 bits per heavy atom. The summed E-state index contributed by atoms with van der Waals surface area (Å²) >= 11 is 0. The first kappa shape index (κ1) is 12.4. The molecular weight excluding hydrogens is 278 g/mol. The minimum atomic E-state index is -1.33. The zero-order chi connectivity index (χ0) is 14.9. The standard InChI is InChI=1S/C12H13N5O4/c1-12-8(13-10(14-12)17(20)21)9(18)15(6-2-3-6)11(19)16(12)7-4-5-7/h6-7H,2-5H2,1H3. The molecule has 0 aromatic heterocycles. The molecule has 4 rings (SSSR count). The average molecular weight is 291 g/mol. The highest BCUT2D eigenvalue weighted by Crippen LogP contribution is 2.42. The lowest BCUT2D eigenvalue weighted by molar-refractivity contribution is -0.352. The maximum Gasteiger partial charge on any atom is 0.467 e. The van der Waals surface area contributed by atoms with Crippen LogP contribution < -0.4 is 0 Å². The van der Waals surface area contributed by atoms with Crippen molar-refractivity contribution in [2.45, 2.75) is 50.4 Å². The van der Waals surface area contributed by atoms with Gasteiger partial charge in [0, 0.05) is 19.0 Å². The molecule has 1 atom stereocenters. The summed E-state index contributed by atoms with van der Waals surface area (Å²) in [6.07, 6.45) is 3.21. The van der Waals surface area contributed by atoms with Crippen LogP contribution >= 0.6 is 0 Å². The molecule has 0 aromatic rings. The van der Waals surface area contributed by atoms with Gasteiger partial charge in [-0.3, -0.25) is 14.6 Å². The predicted octanol–water partition coefficient (Wildman–Crippen LogP) is 0.379. The fourth-order valence-electron chi connectivity index (χ4n) is 2.98. The first-order valence-electron chi connectivity index (χ1n) is 6.94. The molecule has 0 radical (unpaired) electrons. The molecule has 2 heterocycles. The van der Waals surface area contributed by atoms with Crippen molar-refractivity contribution in [3.63, 3.8) is 0 Å². The molecule has 0 N–H and O–H groups in total. The summed E-state index contributed by atoms with van der Waals surface area (Å²) in [5, 5.41) is 10.9. The Labute approximate surface area is 119 Å². The Bertz CT molecular complexity index is 648. The lowest BCUT2D eigenvalue weighted by Gasteiger charge is -2.40. The third-order valence-corrected chi connectivity index (χ3v) is 4.27. The molecule has 1 saturated heterocycles. The van der Waals surface area contributed by atoms with E-state index in [4.69, 9.17) is 0 Å². The Morgan fingerprint density at radius 3 is 2.38 bits per heavy atom. The third kappa shape index (κ3) is 1.57. The molecule has 1 unspecified atom stereocenters. The van der Waals surface area contributed by atoms with E-state index in [0.29, 0.717) is 0 Å². The third-order valence-electron chi connectivity index (χ3n) is 4.27. The smallest absolute Gasteiger partial charge is 0.390 e. The van der Waals surface area contributed by atoms with E-state index in [0.717, 1.165) is 25.7 Å². The second-order valence-electron chi connectivity index (χ2n) is 5.94. The summed E-state index contributed by atoms with van der Waals surface area (Å²) in [5.41, 5.74) is -1.34. The Kier molecular flexibility index (Phi) is 2.16. The maximum atomic E-state index is 12.7. The SMILES string of the molecule is CC12N=C([N+](=O)[O-])N=C1C(=O)N(C1CC1)C(=O)N2C1CC1. The van der Waals surface area contributed by atoms with E-state index in [9.17, 15) is 19.7 Å². The van der Waals surface area contributed by atoms with E-state index < -0.39 is 22.5 Å². The number of urea groups is 1. The molecule has 2 saturated carbocycles. The van der Waals surface area contributed by atoms with Crippen LogP contribution in [0.15, 0.2) is 9.98 Å². The van der Waals surface area contributed by atoms with Crippen molar-refractivity contribution in [3.8, 4) is 0 Å². The topological polar surface area (TPSA) is 108 Å². The molecule has 110 valence electrons. The molecule has 9 nitrogen and oxygen atoms in total. The molecule has 2 aliphatic heterocycles. The monoisotopic (exact) mass is 291 g/mol. The van der Waals surface area contributed by atoms with Crippen LogP contribution in [-0.2, 0) is 4.79 Å². The number of fused-ring (bicyclic) bond motifs is 1. The van der Waals surface area contributed by atoms with Crippen LogP contribution in [0.5, 0.6) is 0 Å². The van der Waals surface area contributed by atoms with Gasteiger partial charge in [0.1, 0.15) is 0 Å². The zero-order valence-electron chi connectivity index (χ0n) is 11.4. The van der Waals surface area contributed by atoms with Gasteiger partial charge in [0.25, 0.3) is 11.6 Å². The number of rotatable bonds is 2. The molecule has 21 heavy (non-hydrogen) atoms. The Balaban J connectivity index is 1.83. The fourth-order valence-corrected chi connectivity index (χ4v) is 2.98. The maximum absolute atomic E-state index is 12.7. The first-order chi connectivity index (χ1) is 9.93. The highest BCUT2D eigenvalue weighted by Gasteiger charge is 2.65. The molecule has 3 fully saturated rings. The molecule has 3 amide bonds. The molecule has 9 heteroatoms. The molecule has 2 aliphatic carbocycles. The number of amides is 3. The number of imide groups is 1. The highest BCUT2D eigenvalue weighted by molar-refractivity contribution is 6.48. The van der Waals surface area contributed by atoms with Crippen LogP contribution in [0.3, 0.4) is 0 Å². The number of nitro groups is 1. The number of nitrogens with zero attached hydrogens (tertiary/aromatic N) is 5. The highest BCUT2D eigenvalue weighted by atomic mass is 16.6. The second-order valence-corrected chi connectivity index (χ2v) is 5.94. The summed E-state index contributed by atoms with van der Waals surface area (Å²) in [6.45, 7) is 1.56. The van der Waals surface area contributed by atoms with Crippen molar-refractivity contribution in [1.29, 1.82) is 0 Å². The van der Waals surface area contributed by atoms with Crippen molar-refractivity contribution < 1.29 is 14.5 Å². The van der Waals surface area contributed by atoms with Gasteiger partial charge >= 0.3 is 12.0 Å². The van der Waals surface area contributed by atoms with Gasteiger partial charge in [-0.1, -0.05) is 9.98 Å². The summed E-state index contributed by atoms with van der Waals surface area (Å²) in [4.78, 5) is 45.9. The van der Waals surface area contributed by atoms with E-state index in [1.165, 1.54) is 9.80 Å². The summed E-state index contributed by atoms with van der Waals surface area (Å²) in [5.74, 6) is -1.14. The quantitative estimate of drug-likeness (QED) is 0.541. The van der Waals surface area contributed by atoms with Crippen molar-refractivity contribution in [1.82, 2.24) is 9.80 Å². The van der Waals surface area contributed by atoms with Crippen LogP contribution in [-0.4, -0.2) is 56.1 Å². The minimum absolute atomic E-state index is 0.00685. The van der Waals surface area contributed by atoms with Crippen LogP contribution in [0.25, 0.3) is 0 Å². The number of guanidine groups is 1. The van der Waals surface area contributed by atoms with E-state index in [1.807, 2.05) is 0 Å². The first-order valence-corrected chi connectivity index (χ1v) is 6.94. The van der Waals surface area contributed by atoms with E-state index in [-0.39, 0.29) is 23.8 Å². The summed E-state index contributed by atoms with van der Waals surface area (Å²) in [7, 11) is 0. The van der Waals surface area contributed by atoms with Gasteiger partial charge in [-0.2, -0.15) is 0 Å². The average Bonchev–Trinajstić information content (AvgIpc) is 3.29. The van der Waals surface area contributed by atoms with Gasteiger partial charge in [-0.15, -0.1) is 0 Å². The number of hydrogen-bond acceptors (Lipinski definition) is 6. The van der Waals surface area contributed by atoms with Crippen LogP contribution in [0.4, 0.5) is 4.79 Å². The van der Waals surface area contributed by atoms with Crippen molar-refractivity contribution in [2.24, 2.45) is 9.98 Å². The number of carbonyl (C=O) groups excluding carboxylic acids is 2. The molecule has 4 aliphatic rings. The van der Waals surface area contributed by atoms with Gasteiger partial charge in [0.2, 0.25) is 5.71 Å².